The molecule has 8 nitrogen and oxygen atoms in total. The van der Waals surface area contributed by atoms with E-state index in [0.29, 0.717) is 32.6 Å². The molecule has 0 unspecified atom stereocenters. The van der Waals surface area contributed by atoms with Gasteiger partial charge < -0.3 is 14.2 Å². The van der Waals surface area contributed by atoms with E-state index in [1.54, 1.807) is 4.90 Å². The average molecular weight is 397 g/mol. The van der Waals surface area contributed by atoms with Crippen molar-refractivity contribution in [3.8, 4) is 0 Å². The molecule has 2 aliphatic heterocycles. The Labute approximate surface area is 170 Å². The molecule has 1 aromatic carbocycles. The number of carbonyl (C=O) groups is 2. The second-order valence-electron chi connectivity index (χ2n) is 8.03. The largest absolute Gasteiger partial charge is 0.453 e. The van der Waals surface area contributed by atoms with E-state index in [2.05, 4.69) is 14.8 Å². The normalized spacial score (nSPS) is 17.9. The first-order valence-corrected chi connectivity index (χ1v) is 10.00. The van der Waals surface area contributed by atoms with Crippen molar-refractivity contribution in [1.82, 2.24) is 24.6 Å². The summed E-state index contributed by atoms with van der Waals surface area (Å²) in [7, 11) is 1.40. The Balaban J connectivity index is 1.51. The first-order chi connectivity index (χ1) is 13.9. The highest BCUT2D eigenvalue weighted by Gasteiger charge is 2.45. The smallest absolute Gasteiger partial charge is 0.409 e. The SMILES string of the molecule is COC(=O)N1Cc2nnc(C)n2C2(CCN(C(=O)Cc3ccccc3C)CC2)C1. The van der Waals surface area contributed by atoms with Crippen molar-refractivity contribution in [1.29, 1.82) is 0 Å². The number of carbonyl (C=O) groups excluding carboxylic acids is 2. The number of hydrogen-bond donors (Lipinski definition) is 0. The Morgan fingerprint density at radius 3 is 2.52 bits per heavy atom. The summed E-state index contributed by atoms with van der Waals surface area (Å²) < 4.78 is 7.12. The fraction of sp³-hybridized carbons (Fsp3) is 0.524. The van der Waals surface area contributed by atoms with Crippen LogP contribution in [0.2, 0.25) is 0 Å². The fourth-order valence-electron chi connectivity index (χ4n) is 4.67. The molecule has 2 amide bonds. The molecular formula is C21H27N5O3. The molecule has 0 bridgehead atoms. The summed E-state index contributed by atoms with van der Waals surface area (Å²) in [5.74, 6) is 1.78. The van der Waals surface area contributed by atoms with Gasteiger partial charge in [0.1, 0.15) is 5.82 Å². The molecule has 1 saturated heterocycles. The maximum Gasteiger partial charge on any atom is 0.409 e. The van der Waals surface area contributed by atoms with Gasteiger partial charge in [0.2, 0.25) is 5.91 Å². The minimum Gasteiger partial charge on any atom is -0.453 e. The Hall–Kier alpha value is -2.90. The molecule has 0 atom stereocenters. The number of nitrogens with zero attached hydrogens (tertiary/aromatic N) is 5. The maximum atomic E-state index is 12.9. The Bertz CT molecular complexity index is 930. The van der Waals surface area contributed by atoms with Gasteiger partial charge >= 0.3 is 6.09 Å². The van der Waals surface area contributed by atoms with Gasteiger partial charge in [-0.25, -0.2) is 4.79 Å². The van der Waals surface area contributed by atoms with Gasteiger partial charge in [0.15, 0.2) is 5.82 Å². The van der Waals surface area contributed by atoms with E-state index in [4.69, 9.17) is 4.74 Å². The molecule has 1 aromatic heterocycles. The van der Waals surface area contributed by atoms with Gasteiger partial charge in [-0.1, -0.05) is 24.3 Å². The summed E-state index contributed by atoms with van der Waals surface area (Å²) in [4.78, 5) is 28.7. The van der Waals surface area contributed by atoms with Gasteiger partial charge in [-0.3, -0.25) is 9.69 Å². The average Bonchev–Trinajstić information content (AvgIpc) is 3.11. The second kappa shape index (κ2) is 7.50. The molecule has 0 aliphatic carbocycles. The number of hydrogen-bond acceptors (Lipinski definition) is 5. The fourth-order valence-corrected chi connectivity index (χ4v) is 4.67. The number of likely N-dealkylation sites (tertiary alicyclic amines) is 1. The zero-order valence-electron chi connectivity index (χ0n) is 17.2. The zero-order chi connectivity index (χ0) is 20.6. The lowest BCUT2D eigenvalue weighted by Gasteiger charge is -2.48. The third kappa shape index (κ3) is 3.47. The van der Waals surface area contributed by atoms with E-state index in [1.807, 2.05) is 43.0 Å². The van der Waals surface area contributed by atoms with Crippen LogP contribution in [-0.2, 0) is 28.0 Å². The summed E-state index contributed by atoms with van der Waals surface area (Å²) in [6, 6.07) is 8.01. The van der Waals surface area contributed by atoms with Crippen molar-refractivity contribution >= 4 is 12.0 Å². The second-order valence-corrected chi connectivity index (χ2v) is 8.03. The highest BCUT2D eigenvalue weighted by Crippen LogP contribution is 2.37. The van der Waals surface area contributed by atoms with E-state index in [1.165, 1.54) is 7.11 Å². The van der Waals surface area contributed by atoms with Crippen molar-refractivity contribution in [2.75, 3.05) is 26.7 Å². The number of benzene rings is 1. The summed E-state index contributed by atoms with van der Waals surface area (Å²) >= 11 is 0. The van der Waals surface area contributed by atoms with E-state index in [9.17, 15) is 9.59 Å². The highest BCUT2D eigenvalue weighted by molar-refractivity contribution is 5.79. The molecule has 0 saturated carbocycles. The van der Waals surface area contributed by atoms with Crippen LogP contribution < -0.4 is 0 Å². The highest BCUT2D eigenvalue weighted by atomic mass is 16.5. The van der Waals surface area contributed by atoms with Crippen molar-refractivity contribution in [2.24, 2.45) is 0 Å². The van der Waals surface area contributed by atoms with Gasteiger partial charge in [-0.05, 0) is 37.8 Å². The molecule has 1 fully saturated rings. The monoisotopic (exact) mass is 397 g/mol. The van der Waals surface area contributed by atoms with Crippen LogP contribution in [0.4, 0.5) is 4.79 Å². The van der Waals surface area contributed by atoms with Crippen LogP contribution in [0.15, 0.2) is 24.3 Å². The van der Waals surface area contributed by atoms with Gasteiger partial charge in [0, 0.05) is 19.6 Å². The van der Waals surface area contributed by atoms with Crippen LogP contribution in [0, 0.1) is 13.8 Å². The number of rotatable bonds is 2. The molecule has 29 heavy (non-hydrogen) atoms. The van der Waals surface area contributed by atoms with Crippen LogP contribution in [0.25, 0.3) is 0 Å². The number of piperidine rings is 1. The van der Waals surface area contributed by atoms with Crippen LogP contribution in [0.3, 0.4) is 0 Å². The number of fused-ring (bicyclic) bond motifs is 2. The van der Waals surface area contributed by atoms with Gasteiger partial charge in [0.05, 0.1) is 25.6 Å². The van der Waals surface area contributed by atoms with Crippen LogP contribution in [0.1, 0.15) is 35.6 Å². The van der Waals surface area contributed by atoms with Crippen LogP contribution in [0.5, 0.6) is 0 Å². The van der Waals surface area contributed by atoms with Crippen molar-refractivity contribution < 1.29 is 14.3 Å². The number of aryl methyl sites for hydroxylation is 2. The summed E-state index contributed by atoms with van der Waals surface area (Å²) in [6.07, 6.45) is 1.58. The molecule has 4 rings (SSSR count). The molecule has 8 heteroatoms. The third-order valence-corrected chi connectivity index (χ3v) is 6.27. The molecule has 0 radical (unpaired) electrons. The van der Waals surface area contributed by atoms with E-state index >= 15 is 0 Å². The topological polar surface area (TPSA) is 80.6 Å². The van der Waals surface area contributed by atoms with Gasteiger partial charge in [-0.15, -0.1) is 10.2 Å². The minimum atomic E-state index is -0.352. The van der Waals surface area contributed by atoms with E-state index < -0.39 is 0 Å². The summed E-state index contributed by atoms with van der Waals surface area (Å²) in [5, 5.41) is 8.52. The molecule has 2 aliphatic rings. The first-order valence-electron chi connectivity index (χ1n) is 10.00. The van der Waals surface area contributed by atoms with Gasteiger partial charge in [-0.2, -0.15) is 0 Å². The van der Waals surface area contributed by atoms with Crippen molar-refractivity contribution in [3.05, 3.63) is 47.0 Å². The number of aromatic nitrogens is 3. The van der Waals surface area contributed by atoms with Crippen LogP contribution in [-0.4, -0.2) is 63.3 Å². The standard InChI is InChI=1S/C21H27N5O3/c1-15-6-4-5-7-17(15)12-19(27)24-10-8-21(9-11-24)14-25(20(28)29-3)13-18-23-22-16(2)26(18)21/h4-7H,8-14H2,1-3H3. The predicted molar refractivity (Wildman–Crippen MR) is 106 cm³/mol. The molecular weight excluding hydrogens is 370 g/mol. The number of amides is 2. The first kappa shape index (κ1) is 19.4. The Morgan fingerprint density at radius 2 is 1.83 bits per heavy atom. The van der Waals surface area contributed by atoms with Gasteiger partial charge in [0.25, 0.3) is 0 Å². The van der Waals surface area contributed by atoms with E-state index in [0.717, 1.165) is 35.6 Å². The molecule has 2 aromatic rings. The minimum absolute atomic E-state index is 0.149. The van der Waals surface area contributed by atoms with Crippen molar-refractivity contribution in [3.63, 3.8) is 0 Å². The lowest BCUT2D eigenvalue weighted by Crippen LogP contribution is -2.57. The maximum absolute atomic E-state index is 12.9. The van der Waals surface area contributed by atoms with Crippen molar-refractivity contribution in [2.45, 2.75) is 45.2 Å². The summed E-state index contributed by atoms with van der Waals surface area (Å²) in [6.45, 7) is 6.22. The number of ether oxygens (including phenoxy) is 1. The zero-order valence-corrected chi connectivity index (χ0v) is 17.2. The molecule has 1 spiro atoms. The van der Waals surface area contributed by atoms with E-state index in [-0.39, 0.29) is 17.5 Å². The quantitative estimate of drug-likeness (QED) is 0.775. The Kier molecular flexibility index (Phi) is 5.02. The Morgan fingerprint density at radius 1 is 1.10 bits per heavy atom. The van der Waals surface area contributed by atoms with Crippen LogP contribution >= 0.6 is 0 Å². The lowest BCUT2D eigenvalue weighted by molar-refractivity contribution is -0.133. The molecule has 154 valence electrons. The number of methoxy groups -OCH3 is 1. The molecule has 0 N–H and O–H groups in total. The lowest BCUT2D eigenvalue weighted by atomic mass is 9.84. The predicted octanol–water partition coefficient (Wildman–Crippen LogP) is 2.04. The third-order valence-electron chi connectivity index (χ3n) is 6.27. The summed E-state index contributed by atoms with van der Waals surface area (Å²) in [5.41, 5.74) is 1.92. The molecule has 3 heterocycles.